The minimum atomic E-state index is -1.07. The molecule has 5 rings (SSSR count). The largest absolute Gasteiger partial charge is 0.507 e. The Morgan fingerprint density at radius 1 is 1.17 bits per heavy atom. The fourth-order valence-corrected chi connectivity index (χ4v) is 5.28. The maximum absolute atomic E-state index is 15.4. The number of nitrogens with one attached hydrogen (secondary N) is 1. The predicted octanol–water partition coefficient (Wildman–Crippen LogP) is 3.30. The monoisotopic (exact) mass is 483 g/mol. The Kier molecular flexibility index (Phi) is 5.54. The third-order valence-corrected chi connectivity index (χ3v) is 7.21. The topological polar surface area (TPSA) is 109 Å². The van der Waals surface area contributed by atoms with Crippen molar-refractivity contribution < 1.29 is 18.6 Å². The van der Waals surface area contributed by atoms with Crippen LogP contribution in [0.15, 0.2) is 30.6 Å². The van der Waals surface area contributed by atoms with Crippen LogP contribution in [0.2, 0.25) is 0 Å². The van der Waals surface area contributed by atoms with Gasteiger partial charge in [0.1, 0.15) is 17.6 Å². The molecule has 9 nitrogen and oxygen atoms in total. The van der Waals surface area contributed by atoms with E-state index in [4.69, 9.17) is 4.74 Å². The van der Waals surface area contributed by atoms with Crippen molar-refractivity contribution in [2.75, 3.05) is 19.1 Å². The number of rotatable bonds is 5. The van der Waals surface area contributed by atoms with Crippen molar-refractivity contribution in [2.24, 2.45) is 0 Å². The van der Waals surface area contributed by atoms with Crippen molar-refractivity contribution >= 4 is 5.82 Å². The van der Waals surface area contributed by atoms with E-state index in [-0.39, 0.29) is 34.9 Å². The molecule has 2 N–H and O–H groups in total. The van der Waals surface area contributed by atoms with Gasteiger partial charge in [0, 0.05) is 23.7 Å². The molecule has 2 aromatic heterocycles. The number of hydrogen-bond acceptors (Lipinski definition) is 9. The van der Waals surface area contributed by atoms with Gasteiger partial charge in [-0.3, -0.25) is 0 Å². The molecule has 11 heteroatoms. The fourth-order valence-electron chi connectivity index (χ4n) is 5.28. The van der Waals surface area contributed by atoms with E-state index < -0.39 is 17.5 Å². The number of fused-ring (bicyclic) bond motifs is 2. The van der Waals surface area contributed by atoms with Gasteiger partial charge in [-0.25, -0.2) is 18.7 Å². The number of nitrogens with zero attached hydrogens (tertiary/aromatic N) is 6. The van der Waals surface area contributed by atoms with Crippen LogP contribution in [-0.4, -0.2) is 67.7 Å². The molecule has 2 aliphatic heterocycles. The zero-order valence-electron chi connectivity index (χ0n) is 20.0. The number of aromatic hydroxyl groups is 1. The molecule has 3 aromatic rings. The normalized spacial score (nSPS) is 27.6. The Morgan fingerprint density at radius 2 is 1.97 bits per heavy atom. The van der Waals surface area contributed by atoms with Crippen LogP contribution in [0, 0.1) is 5.82 Å². The van der Waals surface area contributed by atoms with Gasteiger partial charge in [-0.2, -0.15) is 4.98 Å². The molecule has 2 fully saturated rings. The highest BCUT2D eigenvalue weighted by molar-refractivity contribution is 5.71. The molecule has 184 valence electrons. The molecule has 2 saturated heterocycles. The second kappa shape index (κ2) is 8.33. The number of piperidine rings is 1. The molecule has 4 atom stereocenters. The van der Waals surface area contributed by atoms with Gasteiger partial charge in [0.2, 0.25) is 0 Å². The minimum absolute atomic E-state index is 0.00572. The summed E-state index contributed by atoms with van der Waals surface area (Å²) in [5, 5.41) is 22.5. The van der Waals surface area contributed by atoms with Gasteiger partial charge in [-0.05, 0) is 45.2 Å². The highest BCUT2D eigenvalue weighted by Crippen LogP contribution is 2.45. The Labute approximate surface area is 201 Å². The number of ether oxygens (including phenoxy) is 1. The molecular weight excluding hydrogens is 456 g/mol. The van der Waals surface area contributed by atoms with Crippen molar-refractivity contribution in [3.63, 3.8) is 0 Å². The van der Waals surface area contributed by atoms with Crippen molar-refractivity contribution in [3.05, 3.63) is 36.4 Å². The molecule has 35 heavy (non-hydrogen) atoms. The number of methoxy groups -OCH3 is 1. The lowest BCUT2D eigenvalue weighted by Crippen LogP contribution is -2.65. The quantitative estimate of drug-likeness (QED) is 0.565. The zero-order chi connectivity index (χ0) is 25.0. The lowest BCUT2D eigenvalue weighted by Gasteiger charge is -2.47. The van der Waals surface area contributed by atoms with Crippen LogP contribution in [0.4, 0.5) is 14.6 Å². The summed E-state index contributed by atoms with van der Waals surface area (Å²) in [6.45, 7) is 4.07. The van der Waals surface area contributed by atoms with Crippen molar-refractivity contribution in [1.82, 2.24) is 30.5 Å². The summed E-state index contributed by atoms with van der Waals surface area (Å²) in [6.07, 6.45) is 3.83. The SMILES string of the molecule is COc1ncc(F)c(-c2ccc(-c3ncc(N(C)[C@@H]4C[C@@]5(C)CC[C@](C)(N5)[C@@H]4F)nn3)c(O)c2)n1. The van der Waals surface area contributed by atoms with E-state index in [1.807, 2.05) is 6.92 Å². The van der Waals surface area contributed by atoms with Crippen LogP contribution in [0.25, 0.3) is 22.6 Å². The van der Waals surface area contributed by atoms with E-state index in [2.05, 4.69) is 37.4 Å². The lowest BCUT2D eigenvalue weighted by atomic mass is 9.82. The molecule has 1 aromatic carbocycles. The summed E-state index contributed by atoms with van der Waals surface area (Å²) in [5.74, 6) is -0.181. The van der Waals surface area contributed by atoms with Crippen LogP contribution in [0.3, 0.4) is 0 Å². The van der Waals surface area contributed by atoms with E-state index in [0.29, 0.717) is 23.4 Å². The first-order chi connectivity index (χ1) is 16.6. The second-order valence-corrected chi connectivity index (χ2v) is 9.81. The van der Waals surface area contributed by atoms with E-state index in [9.17, 15) is 9.50 Å². The maximum atomic E-state index is 15.4. The van der Waals surface area contributed by atoms with Gasteiger partial charge in [0.05, 0.1) is 31.1 Å². The number of alkyl halides is 1. The van der Waals surface area contributed by atoms with Gasteiger partial charge < -0.3 is 20.1 Å². The van der Waals surface area contributed by atoms with Crippen molar-refractivity contribution in [1.29, 1.82) is 0 Å². The third kappa shape index (κ3) is 4.03. The van der Waals surface area contributed by atoms with E-state index in [0.717, 1.165) is 19.0 Å². The Morgan fingerprint density at radius 3 is 2.66 bits per heavy atom. The van der Waals surface area contributed by atoms with Crippen LogP contribution in [0.1, 0.15) is 33.1 Å². The van der Waals surface area contributed by atoms with Crippen LogP contribution < -0.4 is 15.0 Å². The molecule has 0 aliphatic carbocycles. The standard InChI is InChI=1S/C24H27F2N7O2/c1-23-7-8-24(2,32-23)20(26)16(10-23)33(3)18-12-27-21(31-30-18)14-6-5-13(9-17(14)34)19-15(25)11-28-22(29-19)35-4/h5-6,9,11-12,16,20,32,34H,7-8,10H2,1-4H3/t16-,20-,23-,24+/m1/s1. The lowest BCUT2D eigenvalue weighted by molar-refractivity contribution is 0.0859. The molecule has 0 saturated carbocycles. The molecule has 2 aliphatic rings. The van der Waals surface area contributed by atoms with Crippen LogP contribution >= 0.6 is 0 Å². The number of hydrogen-bond donors (Lipinski definition) is 2. The van der Waals surface area contributed by atoms with Gasteiger partial charge >= 0.3 is 6.01 Å². The first-order valence-corrected chi connectivity index (χ1v) is 11.4. The summed E-state index contributed by atoms with van der Waals surface area (Å²) in [4.78, 5) is 13.9. The van der Waals surface area contributed by atoms with Crippen LogP contribution in [-0.2, 0) is 0 Å². The second-order valence-electron chi connectivity index (χ2n) is 9.81. The third-order valence-electron chi connectivity index (χ3n) is 7.21. The Bertz CT molecular complexity index is 1260. The predicted molar refractivity (Wildman–Crippen MR) is 125 cm³/mol. The first-order valence-electron chi connectivity index (χ1n) is 11.4. The first kappa shape index (κ1) is 23.3. The summed E-state index contributed by atoms with van der Waals surface area (Å²) < 4.78 is 34.6. The molecule has 2 bridgehead atoms. The maximum Gasteiger partial charge on any atom is 0.316 e. The summed E-state index contributed by atoms with van der Waals surface area (Å²) in [6, 6.07) is 4.16. The highest BCUT2D eigenvalue weighted by atomic mass is 19.1. The fraction of sp³-hybridized carbons (Fsp3) is 0.458. The van der Waals surface area contributed by atoms with E-state index >= 15 is 4.39 Å². The molecule has 4 heterocycles. The van der Waals surface area contributed by atoms with Gasteiger partial charge in [0.25, 0.3) is 0 Å². The van der Waals surface area contributed by atoms with Crippen molar-refractivity contribution in [2.45, 2.75) is 56.4 Å². The smallest absolute Gasteiger partial charge is 0.316 e. The number of halogens is 2. The average Bonchev–Trinajstić information content (AvgIpc) is 3.13. The van der Waals surface area contributed by atoms with E-state index in [1.54, 1.807) is 24.1 Å². The number of anilines is 1. The summed E-state index contributed by atoms with van der Waals surface area (Å²) in [5.41, 5.74) is -0.0233. The zero-order valence-corrected chi connectivity index (χ0v) is 20.0. The summed E-state index contributed by atoms with van der Waals surface area (Å²) in [7, 11) is 3.18. The van der Waals surface area contributed by atoms with Crippen LogP contribution in [0.5, 0.6) is 11.8 Å². The minimum Gasteiger partial charge on any atom is -0.507 e. The molecule has 0 radical (unpaired) electrons. The van der Waals surface area contributed by atoms with Gasteiger partial charge in [-0.15, -0.1) is 10.2 Å². The Balaban J connectivity index is 1.38. The molecule has 0 spiro atoms. The summed E-state index contributed by atoms with van der Waals surface area (Å²) >= 11 is 0. The number of phenols is 1. The van der Waals surface area contributed by atoms with Crippen molar-refractivity contribution in [3.8, 4) is 34.4 Å². The number of benzene rings is 1. The van der Waals surface area contributed by atoms with Gasteiger partial charge in [-0.1, -0.05) is 6.07 Å². The number of aromatic nitrogens is 5. The molecule has 0 unspecified atom stereocenters. The molecule has 0 amide bonds. The average molecular weight is 484 g/mol. The van der Waals surface area contributed by atoms with E-state index in [1.165, 1.54) is 19.4 Å². The highest BCUT2D eigenvalue weighted by Gasteiger charge is 2.56. The Hall–Kier alpha value is -3.47. The van der Waals surface area contributed by atoms with Gasteiger partial charge in [0.15, 0.2) is 17.5 Å². The number of phenolic OH excluding ortho intramolecular Hbond substituents is 1. The molecular formula is C24H27F2N7O2.